The van der Waals surface area contributed by atoms with Crippen LogP contribution in [0.4, 0.5) is 23.7 Å². The van der Waals surface area contributed by atoms with E-state index in [-0.39, 0.29) is 17.2 Å². The predicted octanol–water partition coefficient (Wildman–Crippen LogP) is 3.14. The van der Waals surface area contributed by atoms with Crippen LogP contribution < -0.4 is 16.4 Å². The maximum Gasteiger partial charge on any atom is 0.416 e. The van der Waals surface area contributed by atoms with Crippen molar-refractivity contribution in [2.75, 3.05) is 11.9 Å². The normalized spacial score (nSPS) is 11.9. The molecule has 0 fully saturated rings. The molecule has 4 nitrogen and oxygen atoms in total. The van der Waals surface area contributed by atoms with E-state index in [1.54, 1.807) is 13.8 Å². The van der Waals surface area contributed by atoms with Crippen LogP contribution in [0.15, 0.2) is 24.3 Å². The molecular weight excluding hydrogens is 303 g/mol. The highest BCUT2D eigenvalue weighted by atomic mass is 32.1. The van der Waals surface area contributed by atoms with Gasteiger partial charge in [0.05, 0.1) is 10.6 Å². The van der Waals surface area contributed by atoms with E-state index in [0.717, 1.165) is 12.1 Å². The van der Waals surface area contributed by atoms with Gasteiger partial charge in [0, 0.05) is 17.6 Å². The van der Waals surface area contributed by atoms with E-state index >= 15 is 0 Å². The summed E-state index contributed by atoms with van der Waals surface area (Å²) in [5, 5.41) is 4.99. The number of halogens is 3. The van der Waals surface area contributed by atoms with Gasteiger partial charge in [-0.3, -0.25) is 0 Å². The minimum absolute atomic E-state index is 0.217. The van der Waals surface area contributed by atoms with E-state index in [4.69, 9.17) is 18.0 Å². The summed E-state index contributed by atoms with van der Waals surface area (Å²) in [6.07, 6.45) is -4.40. The molecule has 0 saturated heterocycles. The fourth-order valence-corrected chi connectivity index (χ4v) is 1.38. The van der Waals surface area contributed by atoms with E-state index in [1.165, 1.54) is 12.1 Å². The van der Waals surface area contributed by atoms with Gasteiger partial charge in [-0.2, -0.15) is 13.2 Å². The Labute approximate surface area is 125 Å². The average molecular weight is 319 g/mol. The lowest BCUT2D eigenvalue weighted by Gasteiger charge is -2.23. The highest BCUT2D eigenvalue weighted by Crippen LogP contribution is 2.29. The summed E-state index contributed by atoms with van der Waals surface area (Å²) in [5.74, 6) is 0. The minimum atomic E-state index is -4.40. The van der Waals surface area contributed by atoms with Crippen molar-refractivity contribution in [3.8, 4) is 0 Å². The second-order valence-corrected chi connectivity index (χ2v) is 5.57. The monoisotopic (exact) mass is 319 g/mol. The molecule has 4 N–H and O–H groups in total. The van der Waals surface area contributed by atoms with Crippen molar-refractivity contribution in [2.24, 2.45) is 11.1 Å². The molecule has 0 saturated carbocycles. The zero-order valence-corrected chi connectivity index (χ0v) is 12.4. The minimum Gasteiger partial charge on any atom is -0.393 e. The molecular formula is C13H16F3N3OS. The SMILES string of the molecule is CC(C)(CNC(=O)Nc1ccc(C(F)(F)F)cc1)C(N)=S. The van der Waals surface area contributed by atoms with Crippen LogP contribution in [0.3, 0.4) is 0 Å². The van der Waals surface area contributed by atoms with Gasteiger partial charge < -0.3 is 16.4 Å². The summed E-state index contributed by atoms with van der Waals surface area (Å²) in [4.78, 5) is 11.9. The summed E-state index contributed by atoms with van der Waals surface area (Å²) >= 11 is 4.86. The summed E-state index contributed by atoms with van der Waals surface area (Å²) in [5.41, 5.74) is 4.45. The van der Waals surface area contributed by atoms with E-state index < -0.39 is 23.2 Å². The smallest absolute Gasteiger partial charge is 0.393 e. The van der Waals surface area contributed by atoms with Gasteiger partial charge in [0.15, 0.2) is 0 Å². The largest absolute Gasteiger partial charge is 0.416 e. The Kier molecular flexibility index (Phi) is 5.16. The Hall–Kier alpha value is -1.83. The number of anilines is 1. The van der Waals surface area contributed by atoms with Crippen LogP contribution in [0.1, 0.15) is 19.4 Å². The lowest BCUT2D eigenvalue weighted by Crippen LogP contribution is -2.42. The standard InChI is InChI=1S/C13H16F3N3OS/c1-12(2,10(17)21)7-18-11(20)19-9-5-3-8(4-6-9)13(14,15)16/h3-6H,7H2,1-2H3,(H2,17,21)(H2,18,19,20). The number of rotatable bonds is 4. The topological polar surface area (TPSA) is 67.2 Å². The highest BCUT2D eigenvalue weighted by Gasteiger charge is 2.30. The van der Waals surface area contributed by atoms with Crippen LogP contribution in [0.2, 0.25) is 0 Å². The van der Waals surface area contributed by atoms with Gasteiger partial charge in [-0.05, 0) is 24.3 Å². The molecule has 8 heteroatoms. The molecule has 0 heterocycles. The van der Waals surface area contributed by atoms with Crippen molar-refractivity contribution < 1.29 is 18.0 Å². The van der Waals surface area contributed by atoms with Gasteiger partial charge in [-0.25, -0.2) is 4.79 Å². The first-order valence-electron chi connectivity index (χ1n) is 6.04. The highest BCUT2D eigenvalue weighted by molar-refractivity contribution is 7.80. The van der Waals surface area contributed by atoms with E-state index in [9.17, 15) is 18.0 Å². The van der Waals surface area contributed by atoms with Crippen molar-refractivity contribution in [2.45, 2.75) is 20.0 Å². The Bertz CT molecular complexity index is 526. The number of urea groups is 1. The zero-order valence-electron chi connectivity index (χ0n) is 11.5. The Balaban J connectivity index is 2.58. The van der Waals surface area contributed by atoms with Crippen LogP contribution in [0.5, 0.6) is 0 Å². The molecule has 0 aromatic heterocycles. The number of carbonyl (C=O) groups excluding carboxylic acids is 1. The molecule has 0 bridgehead atoms. The van der Waals surface area contributed by atoms with Gasteiger partial charge in [0.1, 0.15) is 0 Å². The third-order valence-corrected chi connectivity index (χ3v) is 3.38. The third-order valence-electron chi connectivity index (χ3n) is 2.83. The molecule has 0 atom stereocenters. The Morgan fingerprint density at radius 3 is 2.19 bits per heavy atom. The number of alkyl halides is 3. The molecule has 0 radical (unpaired) electrons. The van der Waals surface area contributed by atoms with Crippen molar-refractivity contribution in [3.63, 3.8) is 0 Å². The lowest BCUT2D eigenvalue weighted by molar-refractivity contribution is -0.137. The fourth-order valence-electron chi connectivity index (χ4n) is 1.31. The second-order valence-electron chi connectivity index (χ2n) is 5.13. The van der Waals surface area contributed by atoms with Crippen molar-refractivity contribution >= 4 is 28.9 Å². The van der Waals surface area contributed by atoms with Crippen molar-refractivity contribution in [1.29, 1.82) is 0 Å². The number of benzene rings is 1. The number of hydrogen-bond acceptors (Lipinski definition) is 2. The molecule has 2 amide bonds. The van der Waals surface area contributed by atoms with Gasteiger partial charge in [0.2, 0.25) is 0 Å². The molecule has 1 aromatic carbocycles. The Morgan fingerprint density at radius 1 is 1.24 bits per heavy atom. The quantitative estimate of drug-likeness (QED) is 0.747. The van der Waals surface area contributed by atoms with E-state index in [1.807, 2.05) is 0 Å². The van der Waals surface area contributed by atoms with Gasteiger partial charge in [-0.1, -0.05) is 26.1 Å². The number of amides is 2. The summed E-state index contributed by atoms with van der Waals surface area (Å²) in [7, 11) is 0. The molecule has 1 aromatic rings. The molecule has 0 aliphatic heterocycles. The molecule has 0 aliphatic carbocycles. The summed E-state index contributed by atoms with van der Waals surface area (Å²) in [6.45, 7) is 3.76. The van der Waals surface area contributed by atoms with Crippen molar-refractivity contribution in [3.05, 3.63) is 29.8 Å². The first-order valence-corrected chi connectivity index (χ1v) is 6.45. The number of hydrogen-bond donors (Lipinski definition) is 3. The van der Waals surface area contributed by atoms with Crippen LogP contribution in [0, 0.1) is 5.41 Å². The maximum absolute atomic E-state index is 12.4. The average Bonchev–Trinajstić information content (AvgIpc) is 2.36. The number of carbonyl (C=O) groups is 1. The van der Waals surface area contributed by atoms with Gasteiger partial charge >= 0.3 is 12.2 Å². The van der Waals surface area contributed by atoms with Crippen molar-refractivity contribution in [1.82, 2.24) is 5.32 Å². The van der Waals surface area contributed by atoms with E-state index in [2.05, 4.69) is 10.6 Å². The van der Waals surface area contributed by atoms with Crippen LogP contribution >= 0.6 is 12.2 Å². The first kappa shape index (κ1) is 17.2. The van der Waals surface area contributed by atoms with Gasteiger partial charge in [0.25, 0.3) is 0 Å². The van der Waals surface area contributed by atoms with E-state index in [0.29, 0.717) is 0 Å². The molecule has 21 heavy (non-hydrogen) atoms. The molecule has 1 rings (SSSR count). The predicted molar refractivity (Wildman–Crippen MR) is 79.0 cm³/mol. The first-order chi connectivity index (χ1) is 9.52. The lowest BCUT2D eigenvalue weighted by atomic mass is 9.94. The maximum atomic E-state index is 12.4. The molecule has 116 valence electrons. The summed E-state index contributed by atoms with van der Waals surface area (Å²) < 4.78 is 37.2. The Morgan fingerprint density at radius 2 is 1.76 bits per heavy atom. The molecule has 0 aliphatic rings. The number of nitrogens with two attached hydrogens (primary N) is 1. The van der Waals surface area contributed by atoms with Gasteiger partial charge in [-0.15, -0.1) is 0 Å². The fraction of sp³-hybridized carbons (Fsp3) is 0.385. The molecule has 0 spiro atoms. The van der Waals surface area contributed by atoms with Crippen LogP contribution in [0.25, 0.3) is 0 Å². The number of nitrogens with one attached hydrogen (secondary N) is 2. The van der Waals surface area contributed by atoms with Crippen LogP contribution in [-0.2, 0) is 6.18 Å². The summed E-state index contributed by atoms with van der Waals surface area (Å²) in [6, 6.07) is 3.62. The van der Waals surface area contributed by atoms with Crippen LogP contribution in [-0.4, -0.2) is 17.6 Å². The number of thiocarbonyl (C=S) groups is 1. The molecule has 0 unspecified atom stereocenters. The second kappa shape index (κ2) is 6.30. The third kappa shape index (κ3) is 5.22. The zero-order chi connectivity index (χ0) is 16.3.